The predicted octanol–water partition coefficient (Wildman–Crippen LogP) is 5.13. The lowest BCUT2D eigenvalue weighted by Gasteiger charge is -2.14. The topological polar surface area (TPSA) is 83.4 Å². The van der Waals surface area contributed by atoms with Crippen LogP contribution in [-0.4, -0.2) is 28.0 Å². The Labute approximate surface area is 213 Å². The number of amides is 2. The molecule has 1 aromatic heterocycles. The Bertz CT molecular complexity index is 1750. The normalized spacial score (nSPS) is 13.5. The number of benzene rings is 4. The molecule has 0 spiro atoms. The third kappa shape index (κ3) is 3.25. The van der Waals surface area contributed by atoms with Gasteiger partial charge in [-0.3, -0.25) is 9.59 Å². The van der Waals surface area contributed by atoms with E-state index in [1.807, 2.05) is 6.07 Å². The second kappa shape index (κ2) is 8.23. The lowest BCUT2D eigenvalue weighted by molar-refractivity contribution is 0.0949. The molecule has 1 aliphatic carbocycles. The van der Waals surface area contributed by atoms with Crippen LogP contribution in [-0.2, 0) is 19.5 Å². The maximum atomic E-state index is 13.1. The molecule has 4 aromatic carbocycles. The molecule has 2 aliphatic rings. The number of carbonyl (C=O) groups excluding carboxylic acids is 2. The molecule has 6 nitrogen and oxygen atoms in total. The van der Waals surface area contributed by atoms with E-state index in [4.69, 9.17) is 0 Å². The highest BCUT2D eigenvalue weighted by Gasteiger charge is 2.35. The highest BCUT2D eigenvalue weighted by molar-refractivity contribution is 6.20. The van der Waals surface area contributed by atoms with Gasteiger partial charge in [0.15, 0.2) is 0 Å². The summed E-state index contributed by atoms with van der Waals surface area (Å²) < 4.78 is 2.38. The first-order valence-corrected chi connectivity index (χ1v) is 12.6. The smallest absolute Gasteiger partial charge is 0.252 e. The minimum Gasteiger partial charge on any atom is -0.508 e. The Balaban J connectivity index is 1.30. The van der Waals surface area contributed by atoms with Crippen LogP contribution in [0.2, 0.25) is 0 Å². The minimum atomic E-state index is -0.152. The summed E-state index contributed by atoms with van der Waals surface area (Å²) in [4.78, 5) is 25.6. The zero-order valence-electron chi connectivity index (χ0n) is 20.2. The Kier molecular flexibility index (Phi) is 4.83. The van der Waals surface area contributed by atoms with E-state index in [1.54, 1.807) is 12.1 Å². The van der Waals surface area contributed by atoms with E-state index in [9.17, 15) is 14.7 Å². The summed E-state index contributed by atoms with van der Waals surface area (Å²) in [6.07, 6.45) is 1.56. The van der Waals surface area contributed by atoms with Gasteiger partial charge in [0.1, 0.15) is 5.75 Å². The number of aromatic hydroxyl groups is 1. The van der Waals surface area contributed by atoms with Crippen LogP contribution >= 0.6 is 0 Å². The monoisotopic (exact) mass is 487 g/mol. The number of rotatable bonds is 5. The van der Waals surface area contributed by atoms with E-state index in [0.29, 0.717) is 18.7 Å². The highest BCUT2D eigenvalue weighted by atomic mass is 16.3. The van der Waals surface area contributed by atoms with Crippen LogP contribution in [0.5, 0.6) is 5.75 Å². The second-order valence-electron chi connectivity index (χ2n) is 9.77. The number of carbonyl (C=O) groups is 2. The molecule has 0 saturated carbocycles. The van der Waals surface area contributed by atoms with Crippen molar-refractivity contribution < 1.29 is 14.7 Å². The molecule has 0 radical (unpaired) electrons. The molecule has 37 heavy (non-hydrogen) atoms. The van der Waals surface area contributed by atoms with Gasteiger partial charge in [-0.05, 0) is 59.0 Å². The second-order valence-corrected chi connectivity index (χ2v) is 9.77. The fourth-order valence-electron chi connectivity index (χ4n) is 6.12. The average Bonchev–Trinajstić information content (AvgIpc) is 3.58. The Hall–Kier alpha value is -4.58. The molecule has 182 valence electrons. The SMILES string of the molecule is O=C(NCCCn1c2ccccc2c2c3c(c4c(c21)Cc1ccccc1-4)C(=O)NC3)c1ccc(O)cc1. The lowest BCUT2D eigenvalue weighted by atomic mass is 9.92. The van der Waals surface area contributed by atoms with Gasteiger partial charge in [-0.1, -0.05) is 42.5 Å². The van der Waals surface area contributed by atoms with Gasteiger partial charge in [0.25, 0.3) is 11.8 Å². The van der Waals surface area contributed by atoms with Gasteiger partial charge in [0.2, 0.25) is 0 Å². The van der Waals surface area contributed by atoms with Gasteiger partial charge in [-0.15, -0.1) is 0 Å². The zero-order chi connectivity index (χ0) is 25.1. The van der Waals surface area contributed by atoms with Crippen molar-refractivity contribution in [2.45, 2.75) is 25.9 Å². The molecule has 0 atom stereocenters. The van der Waals surface area contributed by atoms with E-state index in [2.05, 4.69) is 57.7 Å². The summed E-state index contributed by atoms with van der Waals surface area (Å²) in [5, 5.41) is 17.9. The summed E-state index contributed by atoms with van der Waals surface area (Å²) in [5.41, 5.74) is 9.51. The summed E-state index contributed by atoms with van der Waals surface area (Å²) in [6, 6.07) is 23.1. The standard InChI is InChI=1S/C31H25N3O3/c35-20-12-10-18(11-13-20)30(36)32-14-5-15-34-25-9-4-3-8-22(25)27-24-17-33-31(37)28(24)26-21-7-2-1-6-19(21)16-23(26)29(27)34/h1-4,6-13,35H,5,14-17H2,(H,32,36)(H,33,37). The van der Waals surface area contributed by atoms with Crippen molar-refractivity contribution in [3.05, 3.63) is 101 Å². The van der Waals surface area contributed by atoms with Crippen LogP contribution in [0.25, 0.3) is 32.9 Å². The number of aryl methyl sites for hydroxylation is 1. The molecule has 0 unspecified atom stereocenters. The number of phenolic OH excluding ortho intramolecular Hbond substituents is 1. The first-order chi connectivity index (χ1) is 18.1. The number of hydrogen-bond donors (Lipinski definition) is 3. The van der Waals surface area contributed by atoms with E-state index in [1.165, 1.54) is 34.2 Å². The number of hydrogen-bond acceptors (Lipinski definition) is 3. The molecule has 0 saturated heterocycles. The summed E-state index contributed by atoms with van der Waals surface area (Å²) in [7, 11) is 0. The van der Waals surface area contributed by atoms with Crippen molar-refractivity contribution in [1.29, 1.82) is 0 Å². The van der Waals surface area contributed by atoms with Crippen molar-refractivity contribution in [3.8, 4) is 16.9 Å². The molecule has 2 amide bonds. The fourth-order valence-corrected chi connectivity index (χ4v) is 6.12. The summed E-state index contributed by atoms with van der Waals surface area (Å²) >= 11 is 0. The first kappa shape index (κ1) is 21.7. The van der Waals surface area contributed by atoms with Crippen LogP contribution in [0.3, 0.4) is 0 Å². The zero-order valence-corrected chi connectivity index (χ0v) is 20.2. The van der Waals surface area contributed by atoms with Crippen molar-refractivity contribution in [1.82, 2.24) is 15.2 Å². The number of fused-ring (bicyclic) bond motifs is 10. The number of nitrogens with zero attached hydrogens (tertiary/aromatic N) is 1. The van der Waals surface area contributed by atoms with Crippen molar-refractivity contribution >= 4 is 33.6 Å². The van der Waals surface area contributed by atoms with Crippen LogP contribution < -0.4 is 10.6 Å². The van der Waals surface area contributed by atoms with Gasteiger partial charge in [-0.2, -0.15) is 0 Å². The highest BCUT2D eigenvalue weighted by Crippen LogP contribution is 2.48. The maximum Gasteiger partial charge on any atom is 0.252 e. The number of aromatic nitrogens is 1. The molecule has 0 bridgehead atoms. The van der Waals surface area contributed by atoms with Gasteiger partial charge >= 0.3 is 0 Å². The third-order valence-corrected chi connectivity index (χ3v) is 7.69. The van der Waals surface area contributed by atoms with Crippen molar-refractivity contribution in [2.24, 2.45) is 0 Å². The molecule has 6 heteroatoms. The molecule has 2 heterocycles. The molecule has 1 aliphatic heterocycles. The molecular weight excluding hydrogens is 462 g/mol. The average molecular weight is 488 g/mol. The third-order valence-electron chi connectivity index (χ3n) is 7.69. The van der Waals surface area contributed by atoms with E-state index < -0.39 is 0 Å². The molecule has 3 N–H and O–H groups in total. The van der Waals surface area contributed by atoms with E-state index >= 15 is 0 Å². The van der Waals surface area contributed by atoms with Crippen LogP contribution in [0.4, 0.5) is 0 Å². The van der Waals surface area contributed by atoms with Gasteiger partial charge in [0, 0.05) is 53.5 Å². The molecular formula is C31H25N3O3. The quantitative estimate of drug-likeness (QED) is 0.295. The van der Waals surface area contributed by atoms with Crippen LogP contribution in [0.15, 0.2) is 72.8 Å². The predicted molar refractivity (Wildman–Crippen MR) is 144 cm³/mol. The largest absolute Gasteiger partial charge is 0.508 e. The molecule has 0 fully saturated rings. The van der Waals surface area contributed by atoms with Crippen molar-refractivity contribution in [2.75, 3.05) is 6.54 Å². The number of para-hydroxylation sites is 1. The maximum absolute atomic E-state index is 13.1. The Morgan fingerprint density at radius 3 is 2.59 bits per heavy atom. The number of phenols is 1. The summed E-state index contributed by atoms with van der Waals surface area (Å²) in [6.45, 7) is 1.81. The van der Waals surface area contributed by atoms with Crippen LogP contribution in [0.1, 0.15) is 43.8 Å². The first-order valence-electron chi connectivity index (χ1n) is 12.6. The van der Waals surface area contributed by atoms with Gasteiger partial charge in [0.05, 0.1) is 11.1 Å². The lowest BCUT2D eigenvalue weighted by Crippen LogP contribution is -2.25. The molecule has 5 aromatic rings. The minimum absolute atomic E-state index is 0.0126. The van der Waals surface area contributed by atoms with Gasteiger partial charge in [-0.25, -0.2) is 0 Å². The summed E-state index contributed by atoms with van der Waals surface area (Å²) in [5.74, 6) is 0.000536. The van der Waals surface area contributed by atoms with Gasteiger partial charge < -0.3 is 20.3 Å². The Morgan fingerprint density at radius 2 is 1.73 bits per heavy atom. The Morgan fingerprint density at radius 1 is 0.946 bits per heavy atom. The van der Waals surface area contributed by atoms with E-state index in [0.717, 1.165) is 52.5 Å². The molecule has 7 rings (SSSR count). The number of nitrogens with one attached hydrogen (secondary N) is 2. The van der Waals surface area contributed by atoms with E-state index in [-0.39, 0.29) is 17.6 Å². The van der Waals surface area contributed by atoms with Crippen molar-refractivity contribution in [3.63, 3.8) is 0 Å². The fraction of sp³-hybridized carbons (Fsp3) is 0.161. The van der Waals surface area contributed by atoms with Crippen LogP contribution in [0, 0.1) is 0 Å².